The molecular formula is C19H17ClN6O3. The van der Waals surface area contributed by atoms with Crippen LogP contribution in [0.2, 0.25) is 5.02 Å². The summed E-state index contributed by atoms with van der Waals surface area (Å²) in [5.74, 6) is -0.454. The Morgan fingerprint density at radius 2 is 1.69 bits per heavy atom. The second-order valence-electron chi connectivity index (χ2n) is 5.99. The molecule has 0 bridgehead atoms. The van der Waals surface area contributed by atoms with Gasteiger partial charge in [0.1, 0.15) is 6.33 Å². The topological polar surface area (TPSA) is 122 Å². The van der Waals surface area contributed by atoms with Gasteiger partial charge >= 0.3 is 5.69 Å². The molecule has 148 valence electrons. The van der Waals surface area contributed by atoms with E-state index in [0.29, 0.717) is 11.6 Å². The molecule has 0 saturated heterocycles. The standard InChI is InChI=1S/C19H17ClN6O3/c20-15-8-6-14(7-9-15)11-21-18-17(26(28)29)19(23-12-22-18)25-24-16(27)10-13-4-2-1-3-5-13/h1-9,12H,10-11H2,(H,24,27)(H2,21,22,23,25). The van der Waals surface area contributed by atoms with Gasteiger partial charge < -0.3 is 5.32 Å². The molecule has 10 heteroatoms. The third-order valence-corrected chi connectivity index (χ3v) is 4.16. The van der Waals surface area contributed by atoms with Crippen LogP contribution in [0.25, 0.3) is 0 Å². The number of nitrogens with one attached hydrogen (secondary N) is 3. The maximum atomic E-state index is 12.1. The number of halogens is 1. The van der Waals surface area contributed by atoms with E-state index < -0.39 is 4.92 Å². The highest BCUT2D eigenvalue weighted by atomic mass is 35.5. The van der Waals surface area contributed by atoms with Gasteiger partial charge in [-0.15, -0.1) is 0 Å². The summed E-state index contributed by atoms with van der Waals surface area (Å²) in [6.45, 7) is 0.300. The van der Waals surface area contributed by atoms with Crippen molar-refractivity contribution in [1.82, 2.24) is 15.4 Å². The van der Waals surface area contributed by atoms with E-state index in [1.165, 1.54) is 6.33 Å². The predicted octanol–water partition coefficient (Wildman–Crippen LogP) is 3.34. The van der Waals surface area contributed by atoms with Crippen molar-refractivity contribution in [2.75, 3.05) is 10.7 Å². The zero-order chi connectivity index (χ0) is 20.6. The Hall–Kier alpha value is -3.72. The molecule has 2 aromatic carbocycles. The molecule has 1 heterocycles. The number of hydrogen-bond acceptors (Lipinski definition) is 7. The van der Waals surface area contributed by atoms with Crippen LogP contribution in [-0.2, 0) is 17.8 Å². The predicted molar refractivity (Wildman–Crippen MR) is 109 cm³/mol. The van der Waals surface area contributed by atoms with Crippen LogP contribution >= 0.6 is 11.6 Å². The van der Waals surface area contributed by atoms with Crippen molar-refractivity contribution in [3.05, 3.63) is 87.2 Å². The van der Waals surface area contributed by atoms with E-state index in [2.05, 4.69) is 26.1 Å². The Balaban J connectivity index is 1.68. The second-order valence-corrected chi connectivity index (χ2v) is 6.43. The van der Waals surface area contributed by atoms with Crippen LogP contribution in [0, 0.1) is 10.1 Å². The molecule has 0 unspecified atom stereocenters. The summed E-state index contributed by atoms with van der Waals surface area (Å²) in [5, 5.41) is 15.1. The highest BCUT2D eigenvalue weighted by molar-refractivity contribution is 6.30. The van der Waals surface area contributed by atoms with Crippen LogP contribution in [-0.4, -0.2) is 20.8 Å². The Kier molecular flexibility index (Phi) is 6.54. The van der Waals surface area contributed by atoms with E-state index in [-0.39, 0.29) is 29.7 Å². The number of carbonyl (C=O) groups excluding carboxylic acids is 1. The minimum atomic E-state index is -0.615. The van der Waals surface area contributed by atoms with E-state index >= 15 is 0 Å². The van der Waals surface area contributed by atoms with Crippen molar-refractivity contribution in [2.24, 2.45) is 0 Å². The smallest absolute Gasteiger partial charge is 0.354 e. The molecule has 3 rings (SSSR count). The summed E-state index contributed by atoms with van der Waals surface area (Å²) >= 11 is 5.85. The van der Waals surface area contributed by atoms with Gasteiger partial charge in [-0.3, -0.25) is 25.8 Å². The normalized spacial score (nSPS) is 10.2. The number of nitrogens with zero attached hydrogens (tertiary/aromatic N) is 3. The van der Waals surface area contributed by atoms with Gasteiger partial charge in [0.25, 0.3) is 0 Å². The van der Waals surface area contributed by atoms with Crippen LogP contribution < -0.4 is 16.2 Å². The number of hydrogen-bond donors (Lipinski definition) is 3. The lowest BCUT2D eigenvalue weighted by molar-refractivity contribution is -0.383. The number of anilines is 2. The maximum Gasteiger partial charge on any atom is 0.354 e. The van der Waals surface area contributed by atoms with Crippen LogP contribution in [0.15, 0.2) is 60.9 Å². The van der Waals surface area contributed by atoms with Crippen molar-refractivity contribution in [3.8, 4) is 0 Å². The summed E-state index contributed by atoms with van der Waals surface area (Å²) in [7, 11) is 0. The van der Waals surface area contributed by atoms with Gasteiger partial charge in [-0.1, -0.05) is 54.1 Å². The minimum Gasteiger partial charge on any atom is -0.360 e. The molecular weight excluding hydrogens is 396 g/mol. The lowest BCUT2D eigenvalue weighted by Gasteiger charge is -2.11. The van der Waals surface area contributed by atoms with Crippen LogP contribution in [0.3, 0.4) is 0 Å². The quantitative estimate of drug-likeness (QED) is 0.383. The highest BCUT2D eigenvalue weighted by Gasteiger charge is 2.23. The average Bonchev–Trinajstić information content (AvgIpc) is 2.72. The summed E-state index contributed by atoms with van der Waals surface area (Å²) in [5.41, 5.74) is 6.24. The Bertz CT molecular complexity index is 999. The highest BCUT2D eigenvalue weighted by Crippen LogP contribution is 2.28. The summed E-state index contributed by atoms with van der Waals surface area (Å²) < 4.78 is 0. The molecule has 0 saturated carbocycles. The number of rotatable bonds is 8. The van der Waals surface area contributed by atoms with E-state index in [4.69, 9.17) is 11.6 Å². The van der Waals surface area contributed by atoms with Crippen molar-refractivity contribution in [1.29, 1.82) is 0 Å². The molecule has 0 spiro atoms. The fourth-order valence-corrected chi connectivity index (χ4v) is 2.64. The largest absolute Gasteiger partial charge is 0.360 e. The second kappa shape index (κ2) is 9.47. The number of aromatic nitrogens is 2. The molecule has 3 aromatic rings. The van der Waals surface area contributed by atoms with Crippen molar-refractivity contribution < 1.29 is 9.72 Å². The number of carbonyl (C=O) groups is 1. The lowest BCUT2D eigenvalue weighted by Crippen LogP contribution is -2.31. The lowest BCUT2D eigenvalue weighted by atomic mass is 10.1. The SMILES string of the molecule is O=C(Cc1ccccc1)NNc1ncnc(NCc2ccc(Cl)cc2)c1[N+](=O)[O-]. The first-order valence-corrected chi connectivity index (χ1v) is 8.97. The fraction of sp³-hybridized carbons (Fsp3) is 0.105. The third kappa shape index (κ3) is 5.63. The summed E-state index contributed by atoms with van der Waals surface area (Å²) in [6, 6.07) is 16.2. The first kappa shape index (κ1) is 20.0. The number of amides is 1. The number of nitro groups is 1. The van der Waals surface area contributed by atoms with Gasteiger partial charge in [0.15, 0.2) is 0 Å². The van der Waals surface area contributed by atoms with Crippen LogP contribution in [0.4, 0.5) is 17.3 Å². The van der Waals surface area contributed by atoms with E-state index in [1.807, 2.05) is 30.3 Å². The molecule has 0 aliphatic carbocycles. The van der Waals surface area contributed by atoms with Crippen LogP contribution in [0.5, 0.6) is 0 Å². The number of hydrazine groups is 1. The van der Waals surface area contributed by atoms with E-state index in [9.17, 15) is 14.9 Å². The molecule has 3 N–H and O–H groups in total. The molecule has 9 nitrogen and oxygen atoms in total. The maximum absolute atomic E-state index is 12.1. The summed E-state index contributed by atoms with van der Waals surface area (Å²) in [4.78, 5) is 30.8. The van der Waals surface area contributed by atoms with Gasteiger partial charge in [-0.2, -0.15) is 0 Å². The minimum absolute atomic E-state index is 0.0276. The van der Waals surface area contributed by atoms with Crippen molar-refractivity contribution in [2.45, 2.75) is 13.0 Å². The molecule has 0 fully saturated rings. The monoisotopic (exact) mass is 412 g/mol. The zero-order valence-corrected chi connectivity index (χ0v) is 15.9. The third-order valence-electron chi connectivity index (χ3n) is 3.91. The Morgan fingerprint density at radius 1 is 1.00 bits per heavy atom. The first-order valence-electron chi connectivity index (χ1n) is 8.59. The Morgan fingerprint density at radius 3 is 2.38 bits per heavy atom. The molecule has 0 radical (unpaired) electrons. The molecule has 29 heavy (non-hydrogen) atoms. The van der Waals surface area contributed by atoms with Gasteiger partial charge in [0, 0.05) is 11.6 Å². The summed E-state index contributed by atoms with van der Waals surface area (Å²) in [6.07, 6.45) is 1.29. The van der Waals surface area contributed by atoms with Gasteiger partial charge in [0.05, 0.1) is 11.3 Å². The molecule has 0 aliphatic heterocycles. The zero-order valence-electron chi connectivity index (χ0n) is 15.1. The van der Waals surface area contributed by atoms with Gasteiger partial charge in [0.2, 0.25) is 17.5 Å². The van der Waals surface area contributed by atoms with E-state index in [1.54, 1.807) is 24.3 Å². The van der Waals surface area contributed by atoms with Gasteiger partial charge in [-0.25, -0.2) is 9.97 Å². The Labute approximate surface area is 171 Å². The molecule has 0 aliphatic rings. The van der Waals surface area contributed by atoms with E-state index in [0.717, 1.165) is 11.1 Å². The van der Waals surface area contributed by atoms with Crippen LogP contribution in [0.1, 0.15) is 11.1 Å². The fourth-order valence-electron chi connectivity index (χ4n) is 2.51. The molecule has 1 aromatic heterocycles. The number of benzene rings is 2. The van der Waals surface area contributed by atoms with Crippen molar-refractivity contribution in [3.63, 3.8) is 0 Å². The molecule has 1 amide bonds. The van der Waals surface area contributed by atoms with Gasteiger partial charge in [-0.05, 0) is 23.3 Å². The first-order chi connectivity index (χ1) is 14.0. The average molecular weight is 413 g/mol. The van der Waals surface area contributed by atoms with Crippen molar-refractivity contribution >= 4 is 34.8 Å². The molecule has 0 atom stereocenters.